The molecule has 1 unspecified atom stereocenters. The number of anilines is 1. The van der Waals surface area contributed by atoms with Gasteiger partial charge in [0.05, 0.1) is 18.8 Å². The van der Waals surface area contributed by atoms with Crippen molar-refractivity contribution in [3.05, 3.63) is 45.8 Å². The Labute approximate surface area is 163 Å². The van der Waals surface area contributed by atoms with Crippen LogP contribution in [0.25, 0.3) is 0 Å². The SMILES string of the molecule is CCOC(=O)c1c(NC(=O)c2cccc(OCC)c2)sc2c1CCC(C)C2. The van der Waals surface area contributed by atoms with Crippen LogP contribution in [-0.4, -0.2) is 25.1 Å². The molecule has 6 heteroatoms. The van der Waals surface area contributed by atoms with E-state index in [2.05, 4.69) is 12.2 Å². The summed E-state index contributed by atoms with van der Waals surface area (Å²) in [6.07, 6.45) is 2.82. The van der Waals surface area contributed by atoms with Crippen molar-refractivity contribution in [2.75, 3.05) is 18.5 Å². The lowest BCUT2D eigenvalue weighted by Crippen LogP contribution is -2.16. The summed E-state index contributed by atoms with van der Waals surface area (Å²) >= 11 is 1.49. The number of thiophene rings is 1. The van der Waals surface area contributed by atoms with E-state index in [4.69, 9.17) is 9.47 Å². The highest BCUT2D eigenvalue weighted by Gasteiger charge is 2.29. The third-order valence-electron chi connectivity index (χ3n) is 4.63. The van der Waals surface area contributed by atoms with Crippen LogP contribution in [0.3, 0.4) is 0 Å². The van der Waals surface area contributed by atoms with Gasteiger partial charge in [0.2, 0.25) is 0 Å². The molecule has 1 atom stereocenters. The summed E-state index contributed by atoms with van der Waals surface area (Å²) in [4.78, 5) is 26.5. The minimum atomic E-state index is -0.358. The van der Waals surface area contributed by atoms with Crippen molar-refractivity contribution in [1.29, 1.82) is 0 Å². The molecule has 0 fully saturated rings. The highest BCUT2D eigenvalue weighted by Crippen LogP contribution is 2.40. The van der Waals surface area contributed by atoms with Crippen LogP contribution in [0.1, 0.15) is 58.3 Å². The zero-order chi connectivity index (χ0) is 19.4. The van der Waals surface area contributed by atoms with E-state index in [0.717, 1.165) is 24.8 Å². The van der Waals surface area contributed by atoms with E-state index in [1.807, 2.05) is 13.0 Å². The number of fused-ring (bicyclic) bond motifs is 1. The summed E-state index contributed by atoms with van der Waals surface area (Å²) in [5.74, 6) is 0.615. The number of nitrogens with one attached hydrogen (secondary N) is 1. The fraction of sp³-hybridized carbons (Fsp3) is 0.429. The van der Waals surface area contributed by atoms with Crippen molar-refractivity contribution in [2.45, 2.75) is 40.0 Å². The minimum Gasteiger partial charge on any atom is -0.494 e. The predicted octanol–water partition coefficient (Wildman–Crippen LogP) is 4.70. The molecule has 3 rings (SSSR count). The zero-order valence-corrected chi connectivity index (χ0v) is 16.8. The summed E-state index contributed by atoms with van der Waals surface area (Å²) < 4.78 is 10.7. The van der Waals surface area contributed by atoms with Gasteiger partial charge in [-0.05, 0) is 62.8 Å². The minimum absolute atomic E-state index is 0.256. The first-order valence-electron chi connectivity index (χ1n) is 9.39. The van der Waals surface area contributed by atoms with Gasteiger partial charge in [-0.25, -0.2) is 4.79 Å². The lowest BCUT2D eigenvalue weighted by Gasteiger charge is -2.18. The van der Waals surface area contributed by atoms with Crippen LogP contribution in [-0.2, 0) is 17.6 Å². The molecule has 1 aliphatic rings. The topological polar surface area (TPSA) is 64.6 Å². The highest BCUT2D eigenvalue weighted by atomic mass is 32.1. The fourth-order valence-corrected chi connectivity index (χ4v) is 4.72. The van der Waals surface area contributed by atoms with Crippen molar-refractivity contribution in [3.8, 4) is 5.75 Å². The molecule has 1 aromatic heterocycles. The highest BCUT2D eigenvalue weighted by molar-refractivity contribution is 7.17. The van der Waals surface area contributed by atoms with E-state index < -0.39 is 0 Å². The molecule has 1 aliphatic carbocycles. The summed E-state index contributed by atoms with van der Waals surface area (Å²) in [6.45, 7) is 6.74. The second-order valence-corrected chi connectivity index (χ2v) is 7.80. The molecule has 1 N–H and O–H groups in total. The van der Waals surface area contributed by atoms with Crippen LogP contribution in [0.5, 0.6) is 5.75 Å². The van der Waals surface area contributed by atoms with Gasteiger partial charge in [0.1, 0.15) is 10.8 Å². The first-order valence-corrected chi connectivity index (χ1v) is 10.2. The van der Waals surface area contributed by atoms with Gasteiger partial charge in [0, 0.05) is 10.4 Å². The summed E-state index contributed by atoms with van der Waals surface area (Å²) in [7, 11) is 0. The van der Waals surface area contributed by atoms with E-state index >= 15 is 0 Å². The van der Waals surface area contributed by atoms with Gasteiger partial charge >= 0.3 is 5.97 Å². The average molecular weight is 388 g/mol. The van der Waals surface area contributed by atoms with Gasteiger partial charge in [-0.1, -0.05) is 13.0 Å². The van der Waals surface area contributed by atoms with E-state index in [-0.39, 0.29) is 11.9 Å². The number of hydrogen-bond acceptors (Lipinski definition) is 5. The molecule has 0 radical (unpaired) electrons. The monoisotopic (exact) mass is 387 g/mol. The quantitative estimate of drug-likeness (QED) is 0.730. The van der Waals surface area contributed by atoms with Crippen LogP contribution in [0.15, 0.2) is 24.3 Å². The van der Waals surface area contributed by atoms with Gasteiger partial charge in [0.15, 0.2) is 0 Å². The van der Waals surface area contributed by atoms with E-state index in [0.29, 0.717) is 41.0 Å². The lowest BCUT2D eigenvalue weighted by atomic mass is 9.88. The van der Waals surface area contributed by atoms with Crippen molar-refractivity contribution < 1.29 is 19.1 Å². The van der Waals surface area contributed by atoms with E-state index in [1.54, 1.807) is 25.1 Å². The molecule has 0 saturated carbocycles. The Morgan fingerprint density at radius 2 is 2.07 bits per heavy atom. The number of benzene rings is 1. The number of rotatable bonds is 6. The predicted molar refractivity (Wildman–Crippen MR) is 107 cm³/mol. The third-order valence-corrected chi connectivity index (χ3v) is 5.80. The number of esters is 1. The maximum absolute atomic E-state index is 12.8. The molecule has 0 aliphatic heterocycles. The molecule has 1 amide bonds. The van der Waals surface area contributed by atoms with Gasteiger partial charge < -0.3 is 14.8 Å². The first kappa shape index (κ1) is 19.4. The average Bonchev–Trinajstić information content (AvgIpc) is 2.99. The molecule has 2 aromatic rings. The summed E-state index contributed by atoms with van der Waals surface area (Å²) in [5.41, 5.74) is 2.06. The Hall–Kier alpha value is -2.34. The maximum Gasteiger partial charge on any atom is 0.341 e. The number of ether oxygens (including phenoxy) is 2. The third kappa shape index (κ3) is 4.33. The molecular formula is C21H25NO4S. The Bertz CT molecular complexity index is 843. The normalized spacial score (nSPS) is 15.7. The smallest absolute Gasteiger partial charge is 0.341 e. The van der Waals surface area contributed by atoms with Gasteiger partial charge in [-0.2, -0.15) is 0 Å². The van der Waals surface area contributed by atoms with Crippen molar-refractivity contribution in [2.24, 2.45) is 5.92 Å². The number of carbonyl (C=O) groups is 2. The molecular weight excluding hydrogens is 362 g/mol. The van der Waals surface area contributed by atoms with Crippen LogP contribution >= 0.6 is 11.3 Å². The maximum atomic E-state index is 12.8. The largest absolute Gasteiger partial charge is 0.494 e. The summed E-state index contributed by atoms with van der Waals surface area (Å²) in [6, 6.07) is 7.04. The van der Waals surface area contributed by atoms with Crippen molar-refractivity contribution in [3.63, 3.8) is 0 Å². The zero-order valence-electron chi connectivity index (χ0n) is 16.0. The second-order valence-electron chi connectivity index (χ2n) is 6.69. The van der Waals surface area contributed by atoms with Crippen LogP contribution in [0, 0.1) is 5.92 Å². The molecule has 0 bridgehead atoms. The Kier molecular flexibility index (Phi) is 6.16. The van der Waals surface area contributed by atoms with E-state index in [9.17, 15) is 9.59 Å². The lowest BCUT2D eigenvalue weighted by molar-refractivity contribution is 0.0526. The Morgan fingerprint density at radius 3 is 2.81 bits per heavy atom. The summed E-state index contributed by atoms with van der Waals surface area (Å²) in [5, 5.41) is 3.51. The van der Waals surface area contributed by atoms with Crippen LogP contribution in [0.4, 0.5) is 5.00 Å². The standard InChI is InChI=1S/C21H25NO4S/c1-4-25-15-8-6-7-14(12-15)19(23)22-20-18(21(24)26-5-2)16-10-9-13(3)11-17(16)27-20/h6-8,12-13H,4-5,9-11H2,1-3H3,(H,22,23). The molecule has 1 aromatic carbocycles. The van der Waals surface area contributed by atoms with Crippen LogP contribution < -0.4 is 10.1 Å². The van der Waals surface area contributed by atoms with E-state index in [1.165, 1.54) is 16.2 Å². The molecule has 5 nitrogen and oxygen atoms in total. The molecule has 0 spiro atoms. The van der Waals surface area contributed by atoms with Gasteiger partial charge in [-0.3, -0.25) is 4.79 Å². The molecule has 1 heterocycles. The molecule has 27 heavy (non-hydrogen) atoms. The fourth-order valence-electron chi connectivity index (χ4n) is 3.33. The van der Waals surface area contributed by atoms with Gasteiger partial charge in [-0.15, -0.1) is 11.3 Å². The first-order chi connectivity index (χ1) is 13.0. The molecule has 0 saturated heterocycles. The van der Waals surface area contributed by atoms with Crippen molar-refractivity contribution in [1.82, 2.24) is 0 Å². The Balaban J connectivity index is 1.90. The van der Waals surface area contributed by atoms with Gasteiger partial charge in [0.25, 0.3) is 5.91 Å². The number of amides is 1. The molecule has 144 valence electrons. The second kappa shape index (κ2) is 8.57. The van der Waals surface area contributed by atoms with Crippen molar-refractivity contribution >= 4 is 28.2 Å². The number of carbonyl (C=O) groups excluding carboxylic acids is 2. The van der Waals surface area contributed by atoms with Crippen LogP contribution in [0.2, 0.25) is 0 Å². The Morgan fingerprint density at radius 1 is 1.26 bits per heavy atom. The number of hydrogen-bond donors (Lipinski definition) is 1.